The molecule has 20 heavy (non-hydrogen) atoms. The van der Waals surface area contributed by atoms with Gasteiger partial charge in [0.15, 0.2) is 6.29 Å². The average molecular weight is 269 g/mol. The van der Waals surface area contributed by atoms with Crippen molar-refractivity contribution in [2.75, 3.05) is 17.7 Å². The van der Waals surface area contributed by atoms with Crippen molar-refractivity contribution in [2.24, 2.45) is 0 Å². The minimum atomic E-state index is -0.288. The molecule has 0 spiro atoms. The summed E-state index contributed by atoms with van der Waals surface area (Å²) < 4.78 is 0. The molecule has 0 aliphatic heterocycles. The Morgan fingerprint density at radius 1 is 1.25 bits per heavy atom. The van der Waals surface area contributed by atoms with Crippen molar-refractivity contribution in [2.45, 2.75) is 6.92 Å². The van der Waals surface area contributed by atoms with Gasteiger partial charge >= 0.3 is 0 Å². The fraction of sp³-hybridized carbons (Fsp3) is 0.133. The fourth-order valence-corrected chi connectivity index (χ4v) is 1.82. The predicted octanol–water partition coefficient (Wildman–Crippen LogP) is 2.06. The molecule has 1 amide bonds. The zero-order valence-electron chi connectivity index (χ0n) is 11.3. The molecule has 0 saturated heterocycles. The number of carbonyl (C=O) groups is 2. The molecule has 5 heteroatoms. The van der Waals surface area contributed by atoms with Gasteiger partial charge in [-0.25, -0.2) is 4.98 Å². The summed E-state index contributed by atoms with van der Waals surface area (Å²) in [6, 6.07) is 10.0. The van der Waals surface area contributed by atoms with E-state index in [1.807, 2.05) is 0 Å². The van der Waals surface area contributed by atoms with E-state index in [1.54, 1.807) is 50.4 Å². The van der Waals surface area contributed by atoms with E-state index in [2.05, 4.69) is 4.98 Å². The molecule has 2 rings (SSSR count). The third-order valence-corrected chi connectivity index (χ3v) is 3.08. The number of rotatable bonds is 3. The minimum Gasteiger partial charge on any atom is -0.397 e. The number of aldehydes is 1. The highest BCUT2D eigenvalue weighted by atomic mass is 16.2. The zero-order valence-corrected chi connectivity index (χ0v) is 11.3. The van der Waals surface area contributed by atoms with E-state index >= 15 is 0 Å². The lowest BCUT2D eigenvalue weighted by Crippen LogP contribution is -2.28. The molecule has 0 fully saturated rings. The second-order valence-electron chi connectivity index (χ2n) is 4.41. The van der Waals surface area contributed by atoms with E-state index in [0.29, 0.717) is 34.6 Å². The van der Waals surface area contributed by atoms with Gasteiger partial charge in [-0.3, -0.25) is 14.5 Å². The lowest BCUT2D eigenvalue weighted by Gasteiger charge is -2.18. The number of amides is 1. The third kappa shape index (κ3) is 2.51. The third-order valence-electron chi connectivity index (χ3n) is 3.08. The Bertz CT molecular complexity index is 668. The summed E-state index contributed by atoms with van der Waals surface area (Å²) >= 11 is 0. The van der Waals surface area contributed by atoms with Gasteiger partial charge in [-0.15, -0.1) is 0 Å². The molecule has 0 radical (unpaired) electrons. The highest BCUT2D eigenvalue weighted by Gasteiger charge is 2.17. The Morgan fingerprint density at radius 3 is 2.60 bits per heavy atom. The van der Waals surface area contributed by atoms with Gasteiger partial charge in [0, 0.05) is 12.6 Å². The molecular weight excluding hydrogens is 254 g/mol. The summed E-state index contributed by atoms with van der Waals surface area (Å²) in [6.07, 6.45) is 0.669. The van der Waals surface area contributed by atoms with Crippen molar-refractivity contribution in [3.05, 3.63) is 53.2 Å². The summed E-state index contributed by atoms with van der Waals surface area (Å²) in [7, 11) is 1.61. The van der Waals surface area contributed by atoms with Crippen molar-refractivity contribution < 1.29 is 9.59 Å². The van der Waals surface area contributed by atoms with Gasteiger partial charge in [0.2, 0.25) is 0 Å². The van der Waals surface area contributed by atoms with Crippen molar-refractivity contribution in [3.8, 4) is 0 Å². The first kappa shape index (κ1) is 13.7. The number of nitrogens with two attached hydrogens (primary N) is 1. The van der Waals surface area contributed by atoms with Crippen molar-refractivity contribution in [1.29, 1.82) is 0 Å². The lowest BCUT2D eigenvalue weighted by atomic mass is 10.1. The maximum Gasteiger partial charge on any atom is 0.259 e. The topological polar surface area (TPSA) is 76.3 Å². The van der Waals surface area contributed by atoms with Crippen LogP contribution in [0, 0.1) is 6.92 Å². The number of aryl methyl sites for hydroxylation is 1. The van der Waals surface area contributed by atoms with Gasteiger partial charge in [-0.2, -0.15) is 0 Å². The van der Waals surface area contributed by atoms with Crippen LogP contribution in [-0.2, 0) is 0 Å². The molecule has 102 valence electrons. The second kappa shape index (κ2) is 5.52. The normalized spacial score (nSPS) is 10.1. The monoisotopic (exact) mass is 269 g/mol. The van der Waals surface area contributed by atoms with Crippen LogP contribution in [0.2, 0.25) is 0 Å². The van der Waals surface area contributed by atoms with Crippen LogP contribution in [0.4, 0.5) is 11.5 Å². The van der Waals surface area contributed by atoms with Crippen LogP contribution < -0.4 is 10.6 Å². The number of nitrogens with zero attached hydrogens (tertiary/aromatic N) is 2. The summed E-state index contributed by atoms with van der Waals surface area (Å²) in [5.41, 5.74) is 7.65. The Labute approximate surface area is 117 Å². The number of hydrogen-bond acceptors (Lipinski definition) is 4. The van der Waals surface area contributed by atoms with Crippen LogP contribution in [-0.4, -0.2) is 24.2 Å². The molecule has 1 aromatic heterocycles. The van der Waals surface area contributed by atoms with Gasteiger partial charge in [0.05, 0.1) is 16.9 Å². The number of anilines is 2. The minimum absolute atomic E-state index is 0.288. The Kier molecular flexibility index (Phi) is 3.79. The predicted molar refractivity (Wildman–Crippen MR) is 77.9 cm³/mol. The smallest absolute Gasteiger partial charge is 0.259 e. The molecule has 5 nitrogen and oxygen atoms in total. The summed E-state index contributed by atoms with van der Waals surface area (Å²) in [4.78, 5) is 29.1. The maximum atomic E-state index is 12.4. The van der Waals surface area contributed by atoms with Crippen molar-refractivity contribution in [3.63, 3.8) is 0 Å². The quantitative estimate of drug-likeness (QED) is 0.865. The molecule has 0 aliphatic rings. The van der Waals surface area contributed by atoms with E-state index in [4.69, 9.17) is 5.73 Å². The van der Waals surface area contributed by atoms with Crippen molar-refractivity contribution in [1.82, 2.24) is 4.98 Å². The Morgan fingerprint density at radius 2 is 1.95 bits per heavy atom. The molecule has 0 unspecified atom stereocenters. The maximum absolute atomic E-state index is 12.4. The van der Waals surface area contributed by atoms with E-state index in [1.165, 1.54) is 4.90 Å². The standard InChI is InChI=1S/C15H15N3O2/c1-10-13(16)7-8-14(17-10)18(2)15(20)12-6-4-3-5-11(12)9-19/h3-9H,16H2,1-2H3. The molecular formula is C15H15N3O2. The number of benzene rings is 1. The summed E-state index contributed by atoms with van der Waals surface area (Å²) in [6.45, 7) is 1.77. The number of nitrogen functional groups attached to an aromatic ring is 1. The fourth-order valence-electron chi connectivity index (χ4n) is 1.82. The van der Waals surface area contributed by atoms with Crippen LogP contribution >= 0.6 is 0 Å². The molecule has 0 saturated carbocycles. The molecule has 1 aromatic carbocycles. The SMILES string of the molecule is Cc1nc(N(C)C(=O)c2ccccc2C=O)ccc1N. The van der Waals surface area contributed by atoms with E-state index < -0.39 is 0 Å². The molecule has 0 atom stereocenters. The van der Waals surface area contributed by atoms with Crippen LogP contribution in [0.5, 0.6) is 0 Å². The first-order valence-electron chi connectivity index (χ1n) is 6.10. The molecule has 0 bridgehead atoms. The molecule has 1 heterocycles. The van der Waals surface area contributed by atoms with Crippen LogP contribution in [0.1, 0.15) is 26.4 Å². The molecule has 2 aromatic rings. The van der Waals surface area contributed by atoms with Crippen LogP contribution in [0.3, 0.4) is 0 Å². The average Bonchev–Trinajstić information content (AvgIpc) is 2.48. The highest BCUT2D eigenvalue weighted by Crippen LogP contribution is 2.18. The lowest BCUT2D eigenvalue weighted by molar-refractivity contribution is 0.0985. The first-order chi connectivity index (χ1) is 9.54. The Hall–Kier alpha value is -2.69. The number of carbonyl (C=O) groups excluding carboxylic acids is 2. The zero-order chi connectivity index (χ0) is 14.7. The van der Waals surface area contributed by atoms with E-state index in [9.17, 15) is 9.59 Å². The summed E-state index contributed by atoms with van der Waals surface area (Å²) in [5, 5.41) is 0. The van der Waals surface area contributed by atoms with Gasteiger partial charge in [-0.05, 0) is 25.1 Å². The van der Waals surface area contributed by atoms with Gasteiger partial charge in [-0.1, -0.05) is 18.2 Å². The second-order valence-corrected chi connectivity index (χ2v) is 4.41. The van der Waals surface area contributed by atoms with Gasteiger partial charge in [0.25, 0.3) is 5.91 Å². The largest absolute Gasteiger partial charge is 0.397 e. The first-order valence-corrected chi connectivity index (χ1v) is 6.10. The van der Waals surface area contributed by atoms with Crippen LogP contribution in [0.25, 0.3) is 0 Å². The van der Waals surface area contributed by atoms with E-state index in [-0.39, 0.29) is 5.91 Å². The van der Waals surface area contributed by atoms with Gasteiger partial charge in [0.1, 0.15) is 5.82 Å². The molecule has 0 aliphatic carbocycles. The van der Waals surface area contributed by atoms with Crippen LogP contribution in [0.15, 0.2) is 36.4 Å². The van der Waals surface area contributed by atoms with Crippen molar-refractivity contribution >= 4 is 23.7 Å². The summed E-state index contributed by atoms with van der Waals surface area (Å²) in [5.74, 6) is 0.201. The highest BCUT2D eigenvalue weighted by molar-refractivity contribution is 6.09. The molecule has 2 N–H and O–H groups in total. The number of aromatic nitrogens is 1. The van der Waals surface area contributed by atoms with E-state index in [0.717, 1.165) is 0 Å². The number of hydrogen-bond donors (Lipinski definition) is 1. The van der Waals surface area contributed by atoms with Gasteiger partial charge < -0.3 is 5.73 Å². The Balaban J connectivity index is 2.37. The number of pyridine rings is 1.